The van der Waals surface area contributed by atoms with Gasteiger partial charge in [-0.15, -0.1) is 0 Å². The lowest BCUT2D eigenvalue weighted by Crippen LogP contribution is -2.11. The predicted molar refractivity (Wildman–Crippen MR) is 85.6 cm³/mol. The number of nitrogens with zero attached hydrogens (tertiary/aromatic N) is 2. The number of hydrogen-bond donors (Lipinski definition) is 1. The molecule has 0 spiro atoms. The zero-order valence-corrected chi connectivity index (χ0v) is 13.6. The Kier molecular flexibility index (Phi) is 4.54. The van der Waals surface area contributed by atoms with E-state index in [-0.39, 0.29) is 11.7 Å². The molecule has 1 N–H and O–H groups in total. The molecule has 118 valence electrons. The molecule has 0 fully saturated rings. The van der Waals surface area contributed by atoms with Gasteiger partial charge in [-0.25, -0.2) is 4.79 Å². The van der Waals surface area contributed by atoms with Gasteiger partial charge in [-0.05, 0) is 43.5 Å². The van der Waals surface area contributed by atoms with Gasteiger partial charge in [0.25, 0.3) is 0 Å². The van der Waals surface area contributed by atoms with Crippen LogP contribution in [0.25, 0.3) is 11.3 Å². The van der Waals surface area contributed by atoms with Crippen LogP contribution in [0.5, 0.6) is 5.75 Å². The van der Waals surface area contributed by atoms with Gasteiger partial charge in [0.1, 0.15) is 11.4 Å². The number of carbonyl (C=O) groups is 1. The molecule has 0 unspecified atom stereocenters. The van der Waals surface area contributed by atoms with Crippen molar-refractivity contribution in [2.75, 3.05) is 7.11 Å². The molecule has 0 saturated heterocycles. The van der Waals surface area contributed by atoms with E-state index in [0.717, 1.165) is 11.1 Å². The van der Waals surface area contributed by atoms with Gasteiger partial charge in [0.05, 0.1) is 12.8 Å². The molecule has 5 nitrogen and oxygen atoms in total. The summed E-state index contributed by atoms with van der Waals surface area (Å²) in [5.41, 5.74) is 2.77. The Bertz CT molecular complexity index is 687. The molecule has 1 aromatic carbocycles. The van der Waals surface area contributed by atoms with Crippen molar-refractivity contribution in [3.63, 3.8) is 0 Å². The molecular formula is C17H22N2O3. The Hall–Kier alpha value is -2.30. The first-order valence-corrected chi connectivity index (χ1v) is 7.36. The first-order chi connectivity index (χ1) is 10.3. The summed E-state index contributed by atoms with van der Waals surface area (Å²) in [6.07, 6.45) is 0. The lowest BCUT2D eigenvalue weighted by Gasteiger charge is -2.11. The maximum Gasteiger partial charge on any atom is 0.354 e. The summed E-state index contributed by atoms with van der Waals surface area (Å²) in [6.45, 7) is 8.04. The topological polar surface area (TPSA) is 64.3 Å². The van der Waals surface area contributed by atoms with Gasteiger partial charge in [0, 0.05) is 11.6 Å². The number of rotatable bonds is 5. The summed E-state index contributed by atoms with van der Waals surface area (Å²) in [6, 6.07) is 7.51. The van der Waals surface area contributed by atoms with Gasteiger partial charge < -0.3 is 9.84 Å². The van der Waals surface area contributed by atoms with Crippen molar-refractivity contribution >= 4 is 5.97 Å². The quantitative estimate of drug-likeness (QED) is 0.908. The van der Waals surface area contributed by atoms with Gasteiger partial charge in [0.15, 0.2) is 0 Å². The second-order valence-electron chi connectivity index (χ2n) is 5.87. The normalized spacial score (nSPS) is 11.2. The van der Waals surface area contributed by atoms with Crippen LogP contribution in [0.1, 0.15) is 55.7 Å². The van der Waals surface area contributed by atoms with Crippen LogP contribution >= 0.6 is 0 Å². The van der Waals surface area contributed by atoms with Gasteiger partial charge in [-0.3, -0.25) is 4.68 Å². The molecular weight excluding hydrogens is 280 g/mol. The first kappa shape index (κ1) is 16.1. The molecule has 0 bridgehead atoms. The minimum absolute atomic E-state index is 0.0286. The summed E-state index contributed by atoms with van der Waals surface area (Å²) < 4.78 is 6.93. The fraction of sp³-hybridized carbons (Fsp3) is 0.412. The number of aromatic carboxylic acids is 1. The van der Waals surface area contributed by atoms with Crippen molar-refractivity contribution in [3.05, 3.63) is 35.5 Å². The molecule has 0 aliphatic carbocycles. The Balaban J connectivity index is 2.62. The summed E-state index contributed by atoms with van der Waals surface area (Å²) in [7, 11) is 1.60. The van der Waals surface area contributed by atoms with Gasteiger partial charge in [-0.1, -0.05) is 19.9 Å². The molecule has 0 aliphatic heterocycles. The van der Waals surface area contributed by atoms with E-state index in [2.05, 4.69) is 18.9 Å². The van der Waals surface area contributed by atoms with Crippen molar-refractivity contribution in [1.29, 1.82) is 0 Å². The van der Waals surface area contributed by atoms with E-state index in [1.807, 2.05) is 32.0 Å². The number of methoxy groups -OCH3 is 1. The molecule has 2 rings (SSSR count). The minimum atomic E-state index is -0.980. The molecule has 0 amide bonds. The Morgan fingerprint density at radius 1 is 1.23 bits per heavy atom. The van der Waals surface area contributed by atoms with Crippen molar-refractivity contribution in [2.24, 2.45) is 0 Å². The molecule has 0 saturated carbocycles. The van der Waals surface area contributed by atoms with Crippen LogP contribution in [0.4, 0.5) is 0 Å². The third-order valence-electron chi connectivity index (χ3n) is 3.61. The molecule has 0 radical (unpaired) electrons. The molecule has 0 aliphatic rings. The fourth-order valence-electron chi connectivity index (χ4n) is 2.36. The molecule has 1 aromatic heterocycles. The predicted octanol–water partition coefficient (Wildman–Crippen LogP) is 3.96. The maximum absolute atomic E-state index is 11.4. The van der Waals surface area contributed by atoms with Crippen LogP contribution in [0, 0.1) is 0 Å². The number of benzene rings is 1. The third kappa shape index (κ3) is 2.98. The van der Waals surface area contributed by atoms with Crippen molar-refractivity contribution in [1.82, 2.24) is 9.78 Å². The summed E-state index contributed by atoms with van der Waals surface area (Å²) >= 11 is 0. The minimum Gasteiger partial charge on any atom is -0.496 e. The van der Waals surface area contributed by atoms with Crippen LogP contribution in [-0.4, -0.2) is 28.0 Å². The second-order valence-corrected chi connectivity index (χ2v) is 5.87. The molecule has 5 heteroatoms. The number of hydrogen-bond acceptors (Lipinski definition) is 3. The van der Waals surface area contributed by atoms with Crippen molar-refractivity contribution in [2.45, 2.75) is 39.7 Å². The summed E-state index contributed by atoms with van der Waals surface area (Å²) in [4.78, 5) is 11.4. The number of aromatic nitrogens is 2. The van der Waals surface area contributed by atoms with E-state index < -0.39 is 5.97 Å². The van der Waals surface area contributed by atoms with Crippen LogP contribution in [-0.2, 0) is 0 Å². The Morgan fingerprint density at radius 3 is 2.36 bits per heavy atom. The van der Waals surface area contributed by atoms with E-state index in [0.29, 0.717) is 17.4 Å². The van der Waals surface area contributed by atoms with Crippen molar-refractivity contribution in [3.8, 4) is 17.0 Å². The standard InChI is InChI=1S/C17H22N2O3/c1-10(2)12-6-7-16(22-5)13(8-12)14-9-15(17(20)21)19(18-14)11(3)4/h6-11H,1-5H3,(H,20,21). The van der Waals surface area contributed by atoms with Crippen LogP contribution in [0.2, 0.25) is 0 Å². The smallest absolute Gasteiger partial charge is 0.354 e. The summed E-state index contributed by atoms with van der Waals surface area (Å²) in [5.74, 6) is 0.0805. The highest BCUT2D eigenvalue weighted by molar-refractivity contribution is 5.87. The van der Waals surface area contributed by atoms with E-state index in [1.165, 1.54) is 4.68 Å². The third-order valence-corrected chi connectivity index (χ3v) is 3.61. The van der Waals surface area contributed by atoms with Crippen LogP contribution in [0.3, 0.4) is 0 Å². The highest BCUT2D eigenvalue weighted by Gasteiger charge is 2.19. The molecule has 22 heavy (non-hydrogen) atoms. The largest absolute Gasteiger partial charge is 0.496 e. The van der Waals surface area contributed by atoms with E-state index in [1.54, 1.807) is 13.2 Å². The van der Waals surface area contributed by atoms with E-state index >= 15 is 0 Å². The van der Waals surface area contributed by atoms with E-state index in [9.17, 15) is 9.90 Å². The molecule has 2 aromatic rings. The fourth-order valence-corrected chi connectivity index (χ4v) is 2.36. The first-order valence-electron chi connectivity index (χ1n) is 7.36. The zero-order valence-electron chi connectivity index (χ0n) is 13.6. The number of ether oxygens (including phenoxy) is 1. The zero-order chi connectivity index (χ0) is 16.4. The molecule has 1 heterocycles. The lowest BCUT2D eigenvalue weighted by molar-refractivity contribution is 0.0681. The second kappa shape index (κ2) is 6.22. The number of carboxylic acid groups (broad SMARTS) is 1. The van der Waals surface area contributed by atoms with Crippen LogP contribution in [0.15, 0.2) is 24.3 Å². The van der Waals surface area contributed by atoms with Crippen molar-refractivity contribution < 1.29 is 14.6 Å². The average molecular weight is 302 g/mol. The number of carboxylic acids is 1. The maximum atomic E-state index is 11.4. The van der Waals surface area contributed by atoms with E-state index in [4.69, 9.17) is 4.74 Å². The Labute approximate surface area is 130 Å². The van der Waals surface area contributed by atoms with Gasteiger partial charge >= 0.3 is 5.97 Å². The lowest BCUT2D eigenvalue weighted by atomic mass is 9.99. The monoisotopic (exact) mass is 302 g/mol. The summed E-state index contributed by atoms with van der Waals surface area (Å²) in [5, 5.41) is 13.8. The average Bonchev–Trinajstić information content (AvgIpc) is 2.92. The Morgan fingerprint density at radius 2 is 1.91 bits per heavy atom. The highest BCUT2D eigenvalue weighted by Crippen LogP contribution is 2.33. The van der Waals surface area contributed by atoms with Gasteiger partial charge in [-0.2, -0.15) is 5.10 Å². The SMILES string of the molecule is COc1ccc(C(C)C)cc1-c1cc(C(=O)O)n(C(C)C)n1. The van der Waals surface area contributed by atoms with Gasteiger partial charge in [0.2, 0.25) is 0 Å². The highest BCUT2D eigenvalue weighted by atomic mass is 16.5. The molecule has 0 atom stereocenters. The van der Waals surface area contributed by atoms with Crippen LogP contribution < -0.4 is 4.74 Å².